The van der Waals surface area contributed by atoms with E-state index in [1.54, 1.807) is 0 Å². The molecule has 0 bridgehead atoms. The fourth-order valence-electron chi connectivity index (χ4n) is 1.89. The minimum Gasteiger partial charge on any atom is -0.476 e. The molecule has 0 fully saturated rings. The summed E-state index contributed by atoms with van der Waals surface area (Å²) in [6.07, 6.45) is 1.52. The van der Waals surface area contributed by atoms with E-state index < -0.39 is 5.97 Å². The van der Waals surface area contributed by atoms with E-state index >= 15 is 0 Å². The molecular formula is C15H16BrN3O2. The van der Waals surface area contributed by atoms with Crippen molar-refractivity contribution in [3.8, 4) is 0 Å². The summed E-state index contributed by atoms with van der Waals surface area (Å²) >= 11 is 3.42. The van der Waals surface area contributed by atoms with E-state index in [0.29, 0.717) is 11.5 Å². The Morgan fingerprint density at radius 1 is 1.33 bits per heavy atom. The second-order valence-electron chi connectivity index (χ2n) is 5.09. The number of aromatic nitrogens is 2. The molecule has 1 aromatic carbocycles. The second-order valence-corrected chi connectivity index (χ2v) is 6.01. The van der Waals surface area contributed by atoms with Crippen LogP contribution < -0.4 is 5.32 Å². The molecule has 1 heterocycles. The molecule has 0 unspecified atom stereocenters. The fourth-order valence-corrected chi connectivity index (χ4v) is 2.50. The molecule has 0 saturated heterocycles. The number of anilines is 2. The molecular weight excluding hydrogens is 334 g/mol. The van der Waals surface area contributed by atoms with E-state index in [9.17, 15) is 9.90 Å². The lowest BCUT2D eigenvalue weighted by Gasteiger charge is -2.12. The Bertz CT molecular complexity index is 666. The zero-order chi connectivity index (χ0) is 15.6. The number of rotatable bonds is 4. The van der Waals surface area contributed by atoms with Crippen LogP contribution in [0.4, 0.5) is 11.4 Å². The number of aryl methyl sites for hydroxylation is 1. The van der Waals surface area contributed by atoms with Crippen LogP contribution in [0.2, 0.25) is 0 Å². The van der Waals surface area contributed by atoms with Gasteiger partial charge in [-0.15, -0.1) is 0 Å². The number of carbonyl (C=O) groups is 1. The zero-order valence-electron chi connectivity index (χ0n) is 12.0. The molecule has 0 saturated carbocycles. The topological polar surface area (TPSA) is 75.1 Å². The Morgan fingerprint density at radius 2 is 2.05 bits per heavy atom. The first-order chi connectivity index (χ1) is 9.86. The molecule has 2 rings (SSSR count). The molecule has 0 aliphatic heterocycles. The van der Waals surface area contributed by atoms with Crippen LogP contribution >= 0.6 is 15.9 Å². The number of nitrogens with zero attached hydrogens (tertiary/aromatic N) is 2. The van der Waals surface area contributed by atoms with Gasteiger partial charge in [0.1, 0.15) is 5.82 Å². The summed E-state index contributed by atoms with van der Waals surface area (Å²) in [5, 5.41) is 12.4. The van der Waals surface area contributed by atoms with E-state index in [1.165, 1.54) is 6.20 Å². The summed E-state index contributed by atoms with van der Waals surface area (Å²) < 4.78 is 0.918. The normalized spacial score (nSPS) is 10.7. The standard InChI is InChI=1S/C15H16BrN3O2/c1-8(2)14-17-7-12(13(19-14)15(20)21)18-11-5-9(3)4-10(16)6-11/h4-8,18H,1-3H3,(H,20,21). The first-order valence-electron chi connectivity index (χ1n) is 6.51. The van der Waals surface area contributed by atoms with Crippen molar-refractivity contribution in [3.05, 3.63) is 46.0 Å². The summed E-state index contributed by atoms with van der Waals surface area (Å²) in [6, 6.07) is 5.77. The van der Waals surface area contributed by atoms with E-state index in [1.807, 2.05) is 39.0 Å². The molecule has 110 valence electrons. The molecule has 0 radical (unpaired) electrons. The van der Waals surface area contributed by atoms with Gasteiger partial charge in [0, 0.05) is 16.1 Å². The largest absolute Gasteiger partial charge is 0.476 e. The maximum absolute atomic E-state index is 11.4. The van der Waals surface area contributed by atoms with Crippen LogP contribution in [0, 0.1) is 6.92 Å². The van der Waals surface area contributed by atoms with Gasteiger partial charge >= 0.3 is 5.97 Å². The molecule has 21 heavy (non-hydrogen) atoms. The summed E-state index contributed by atoms with van der Waals surface area (Å²) in [4.78, 5) is 19.7. The monoisotopic (exact) mass is 349 g/mol. The first-order valence-corrected chi connectivity index (χ1v) is 7.30. The predicted molar refractivity (Wildman–Crippen MR) is 85.2 cm³/mol. The molecule has 0 amide bonds. The van der Waals surface area contributed by atoms with E-state index in [2.05, 4.69) is 31.2 Å². The van der Waals surface area contributed by atoms with Gasteiger partial charge in [-0.2, -0.15) is 0 Å². The van der Waals surface area contributed by atoms with Crippen molar-refractivity contribution in [1.82, 2.24) is 9.97 Å². The van der Waals surface area contributed by atoms with Crippen molar-refractivity contribution in [2.24, 2.45) is 0 Å². The second kappa shape index (κ2) is 6.22. The van der Waals surface area contributed by atoms with Crippen molar-refractivity contribution in [3.63, 3.8) is 0 Å². The van der Waals surface area contributed by atoms with Crippen molar-refractivity contribution >= 4 is 33.3 Å². The average molecular weight is 350 g/mol. The molecule has 2 aromatic rings. The third-order valence-electron chi connectivity index (χ3n) is 2.85. The maximum Gasteiger partial charge on any atom is 0.356 e. The zero-order valence-corrected chi connectivity index (χ0v) is 13.6. The van der Waals surface area contributed by atoms with Crippen molar-refractivity contribution in [2.45, 2.75) is 26.7 Å². The van der Waals surface area contributed by atoms with E-state index in [0.717, 1.165) is 15.7 Å². The molecule has 1 aromatic heterocycles. The van der Waals surface area contributed by atoms with Crippen molar-refractivity contribution in [1.29, 1.82) is 0 Å². The Morgan fingerprint density at radius 3 is 2.62 bits per heavy atom. The Kier molecular flexibility index (Phi) is 4.57. The minimum atomic E-state index is -1.08. The van der Waals surface area contributed by atoms with Gasteiger partial charge in [0.15, 0.2) is 5.69 Å². The quantitative estimate of drug-likeness (QED) is 0.868. The number of hydrogen-bond acceptors (Lipinski definition) is 4. The van der Waals surface area contributed by atoms with Gasteiger partial charge in [0.05, 0.1) is 11.9 Å². The number of hydrogen-bond donors (Lipinski definition) is 2. The maximum atomic E-state index is 11.4. The van der Waals surface area contributed by atoms with E-state index in [-0.39, 0.29) is 11.6 Å². The fraction of sp³-hybridized carbons (Fsp3) is 0.267. The van der Waals surface area contributed by atoms with Gasteiger partial charge in [0.2, 0.25) is 0 Å². The highest BCUT2D eigenvalue weighted by Crippen LogP contribution is 2.24. The number of carboxylic acid groups (broad SMARTS) is 1. The molecule has 0 spiro atoms. The minimum absolute atomic E-state index is 0.0219. The molecule has 0 aliphatic carbocycles. The number of benzene rings is 1. The van der Waals surface area contributed by atoms with Crippen molar-refractivity contribution < 1.29 is 9.90 Å². The first kappa shape index (κ1) is 15.4. The van der Waals surface area contributed by atoms with Crippen molar-refractivity contribution in [2.75, 3.05) is 5.32 Å². The lowest BCUT2D eigenvalue weighted by atomic mass is 10.2. The highest BCUT2D eigenvalue weighted by Gasteiger charge is 2.16. The molecule has 0 aliphatic rings. The lowest BCUT2D eigenvalue weighted by Crippen LogP contribution is -2.10. The molecule has 6 heteroatoms. The van der Waals surface area contributed by atoms with Gasteiger partial charge in [0.25, 0.3) is 0 Å². The summed E-state index contributed by atoms with van der Waals surface area (Å²) in [5.74, 6) is -0.484. The molecule has 5 nitrogen and oxygen atoms in total. The third-order valence-corrected chi connectivity index (χ3v) is 3.31. The SMILES string of the molecule is Cc1cc(Br)cc(Nc2cnc(C(C)C)nc2C(=O)O)c1. The van der Waals surface area contributed by atoms with Crippen LogP contribution in [0.1, 0.15) is 41.6 Å². The summed E-state index contributed by atoms with van der Waals surface area (Å²) in [5.41, 5.74) is 2.20. The van der Waals surface area contributed by atoms with Gasteiger partial charge < -0.3 is 10.4 Å². The van der Waals surface area contributed by atoms with Gasteiger partial charge in [-0.1, -0.05) is 29.8 Å². The van der Waals surface area contributed by atoms with Crippen LogP contribution in [0.25, 0.3) is 0 Å². The van der Waals surface area contributed by atoms with Crippen LogP contribution in [0.3, 0.4) is 0 Å². The Balaban J connectivity index is 2.41. The number of carboxylic acids is 1. The van der Waals surface area contributed by atoms with Gasteiger partial charge in [-0.05, 0) is 30.7 Å². The summed E-state index contributed by atoms with van der Waals surface area (Å²) in [6.45, 7) is 5.81. The number of halogens is 1. The predicted octanol–water partition coefficient (Wildman–Crippen LogP) is 4.11. The number of nitrogens with one attached hydrogen (secondary N) is 1. The smallest absolute Gasteiger partial charge is 0.356 e. The molecule has 0 atom stereocenters. The van der Waals surface area contributed by atoms with Crippen LogP contribution in [-0.4, -0.2) is 21.0 Å². The Hall–Kier alpha value is -1.95. The van der Waals surface area contributed by atoms with Crippen LogP contribution in [-0.2, 0) is 0 Å². The molecule has 2 N–H and O–H groups in total. The highest BCUT2D eigenvalue weighted by molar-refractivity contribution is 9.10. The van der Waals surface area contributed by atoms with Crippen LogP contribution in [0.15, 0.2) is 28.9 Å². The lowest BCUT2D eigenvalue weighted by molar-refractivity contribution is 0.0691. The number of aromatic carboxylic acids is 1. The van der Waals surface area contributed by atoms with E-state index in [4.69, 9.17) is 0 Å². The van der Waals surface area contributed by atoms with Gasteiger partial charge in [-0.3, -0.25) is 0 Å². The highest BCUT2D eigenvalue weighted by atomic mass is 79.9. The average Bonchev–Trinajstić information content (AvgIpc) is 2.37. The summed E-state index contributed by atoms with van der Waals surface area (Å²) in [7, 11) is 0. The van der Waals surface area contributed by atoms with Crippen LogP contribution in [0.5, 0.6) is 0 Å². The Labute approximate surface area is 131 Å². The van der Waals surface area contributed by atoms with Gasteiger partial charge in [-0.25, -0.2) is 14.8 Å². The third kappa shape index (κ3) is 3.78.